The van der Waals surface area contributed by atoms with E-state index in [1.54, 1.807) is 12.0 Å². The first-order valence-corrected chi connectivity index (χ1v) is 11.2. The van der Waals surface area contributed by atoms with Crippen LogP contribution in [0.15, 0.2) is 66.9 Å². The van der Waals surface area contributed by atoms with E-state index in [0.29, 0.717) is 25.3 Å². The molecule has 0 saturated carbocycles. The standard InChI is InChI=1S/C26H25N3O4/c1-32-18-6-4-5-17(13-18)29-15-26-11-9-21(33-26)22(23(26)25(29)31)24(30)27-12-10-16-14-28-20-8-3-2-7-19(16)20/h2-9,11,13-14,21-23,28H,10,12,15H2,1H3,(H,27,30)/t21-,22-,23-,26-/m1/s1. The number of aromatic nitrogens is 1. The van der Waals surface area contributed by atoms with Gasteiger partial charge in [-0.1, -0.05) is 36.4 Å². The Morgan fingerprint density at radius 1 is 1.27 bits per heavy atom. The van der Waals surface area contributed by atoms with Gasteiger partial charge in [0.15, 0.2) is 0 Å². The molecule has 2 N–H and O–H groups in total. The van der Waals surface area contributed by atoms with Crippen molar-refractivity contribution in [2.24, 2.45) is 11.8 Å². The normalized spacial score (nSPS) is 27.4. The van der Waals surface area contributed by atoms with Gasteiger partial charge in [0.2, 0.25) is 11.8 Å². The zero-order valence-corrected chi connectivity index (χ0v) is 18.3. The van der Waals surface area contributed by atoms with Crippen LogP contribution >= 0.6 is 0 Å². The lowest BCUT2D eigenvalue weighted by Gasteiger charge is -2.23. The number of hydrogen-bond acceptors (Lipinski definition) is 4. The third-order valence-electron chi connectivity index (χ3n) is 7.14. The summed E-state index contributed by atoms with van der Waals surface area (Å²) in [5, 5.41) is 4.22. The highest BCUT2D eigenvalue weighted by molar-refractivity contribution is 6.03. The molecule has 2 bridgehead atoms. The van der Waals surface area contributed by atoms with Crippen LogP contribution in [0.25, 0.3) is 10.9 Å². The Morgan fingerprint density at radius 3 is 3.03 bits per heavy atom. The minimum Gasteiger partial charge on any atom is -0.497 e. The number of rotatable bonds is 6. The molecule has 4 atom stereocenters. The van der Waals surface area contributed by atoms with E-state index in [0.717, 1.165) is 22.2 Å². The first-order chi connectivity index (χ1) is 16.1. The smallest absolute Gasteiger partial charge is 0.234 e. The van der Waals surface area contributed by atoms with E-state index < -0.39 is 17.4 Å². The lowest BCUT2D eigenvalue weighted by atomic mass is 9.77. The van der Waals surface area contributed by atoms with Crippen LogP contribution in [-0.2, 0) is 20.7 Å². The van der Waals surface area contributed by atoms with Crippen LogP contribution < -0.4 is 15.0 Å². The van der Waals surface area contributed by atoms with E-state index in [1.807, 2.05) is 60.8 Å². The fraction of sp³-hybridized carbons (Fsp3) is 0.308. The molecule has 3 aliphatic rings. The van der Waals surface area contributed by atoms with Crippen LogP contribution in [0.1, 0.15) is 5.56 Å². The van der Waals surface area contributed by atoms with Crippen molar-refractivity contribution in [1.29, 1.82) is 0 Å². The van der Waals surface area contributed by atoms with E-state index in [4.69, 9.17) is 9.47 Å². The summed E-state index contributed by atoms with van der Waals surface area (Å²) in [6.07, 6.45) is 6.24. The van der Waals surface area contributed by atoms with Crippen LogP contribution in [0.4, 0.5) is 5.69 Å². The van der Waals surface area contributed by atoms with Gasteiger partial charge in [-0.25, -0.2) is 0 Å². The average molecular weight is 444 g/mol. The molecule has 1 spiro atoms. The first-order valence-electron chi connectivity index (χ1n) is 11.2. The topological polar surface area (TPSA) is 83.7 Å². The number of ether oxygens (including phenoxy) is 2. The molecule has 3 aromatic rings. The van der Waals surface area contributed by atoms with Crippen molar-refractivity contribution in [2.45, 2.75) is 18.1 Å². The van der Waals surface area contributed by atoms with Crippen molar-refractivity contribution in [2.75, 3.05) is 25.1 Å². The molecular weight excluding hydrogens is 418 g/mol. The fourth-order valence-electron chi connectivity index (χ4n) is 5.57. The molecule has 0 aliphatic carbocycles. The second kappa shape index (κ2) is 7.49. The Bertz CT molecular complexity index is 1280. The summed E-state index contributed by atoms with van der Waals surface area (Å²) in [6, 6.07) is 15.5. The molecule has 168 valence electrons. The van der Waals surface area contributed by atoms with Gasteiger partial charge in [-0.3, -0.25) is 9.59 Å². The molecular formula is C26H25N3O4. The van der Waals surface area contributed by atoms with Gasteiger partial charge in [-0.15, -0.1) is 0 Å². The molecule has 0 unspecified atom stereocenters. The second-order valence-corrected chi connectivity index (χ2v) is 8.93. The Kier molecular flexibility index (Phi) is 4.55. The number of carbonyl (C=O) groups is 2. The number of anilines is 1. The summed E-state index contributed by atoms with van der Waals surface area (Å²) in [6.45, 7) is 0.900. The van der Waals surface area contributed by atoms with Gasteiger partial charge in [0.1, 0.15) is 11.4 Å². The fourth-order valence-corrected chi connectivity index (χ4v) is 5.57. The highest BCUT2D eigenvalue weighted by atomic mass is 16.5. The zero-order valence-electron chi connectivity index (χ0n) is 18.3. The van der Waals surface area contributed by atoms with Crippen molar-refractivity contribution in [3.63, 3.8) is 0 Å². The summed E-state index contributed by atoms with van der Waals surface area (Å²) in [7, 11) is 1.60. The molecule has 6 rings (SSSR count). The van der Waals surface area contributed by atoms with Crippen LogP contribution in [0.2, 0.25) is 0 Å². The number of amides is 2. The number of methoxy groups -OCH3 is 1. The quantitative estimate of drug-likeness (QED) is 0.574. The molecule has 4 heterocycles. The van der Waals surface area contributed by atoms with Crippen LogP contribution in [0, 0.1) is 11.8 Å². The monoisotopic (exact) mass is 443 g/mol. The Morgan fingerprint density at radius 2 is 2.15 bits per heavy atom. The highest BCUT2D eigenvalue weighted by Crippen LogP contribution is 2.52. The molecule has 7 heteroatoms. The lowest BCUT2D eigenvalue weighted by molar-refractivity contribution is -0.131. The van der Waals surface area contributed by atoms with Crippen LogP contribution in [0.3, 0.4) is 0 Å². The van der Waals surface area contributed by atoms with Gasteiger partial charge in [-0.05, 0) is 30.2 Å². The molecule has 2 amide bonds. The van der Waals surface area contributed by atoms with E-state index in [-0.39, 0.29) is 17.9 Å². The van der Waals surface area contributed by atoms with Gasteiger partial charge < -0.3 is 24.7 Å². The summed E-state index contributed by atoms with van der Waals surface area (Å²) in [5.41, 5.74) is 2.25. The minimum absolute atomic E-state index is 0.0770. The molecule has 3 aliphatic heterocycles. The maximum Gasteiger partial charge on any atom is 0.234 e. The Hall–Kier alpha value is -3.58. The molecule has 2 fully saturated rings. The van der Waals surface area contributed by atoms with E-state index in [1.165, 1.54) is 0 Å². The number of carbonyl (C=O) groups excluding carboxylic acids is 2. The van der Waals surface area contributed by atoms with Gasteiger partial charge in [0.25, 0.3) is 0 Å². The Balaban J connectivity index is 1.18. The Labute approximate surface area is 191 Å². The molecule has 2 aromatic carbocycles. The molecule has 33 heavy (non-hydrogen) atoms. The number of nitrogens with zero attached hydrogens (tertiary/aromatic N) is 1. The number of nitrogens with one attached hydrogen (secondary N) is 2. The molecule has 1 aromatic heterocycles. The van der Waals surface area contributed by atoms with E-state index in [2.05, 4.69) is 16.4 Å². The number of hydrogen-bond donors (Lipinski definition) is 2. The third kappa shape index (κ3) is 3.07. The average Bonchev–Trinajstić information content (AvgIpc) is 3.59. The van der Waals surface area contributed by atoms with Gasteiger partial charge in [0.05, 0.1) is 31.6 Å². The van der Waals surface area contributed by atoms with Crippen molar-refractivity contribution >= 4 is 28.4 Å². The summed E-state index contributed by atoms with van der Waals surface area (Å²) >= 11 is 0. The van der Waals surface area contributed by atoms with Gasteiger partial charge in [-0.2, -0.15) is 0 Å². The largest absolute Gasteiger partial charge is 0.497 e. The van der Waals surface area contributed by atoms with Crippen LogP contribution in [0.5, 0.6) is 5.75 Å². The van der Waals surface area contributed by atoms with Crippen LogP contribution in [-0.4, -0.2) is 48.7 Å². The summed E-state index contributed by atoms with van der Waals surface area (Å²) in [4.78, 5) is 31.7. The zero-order chi connectivity index (χ0) is 22.6. The molecule has 0 radical (unpaired) electrons. The number of aromatic amines is 1. The maximum atomic E-state index is 13.5. The predicted molar refractivity (Wildman–Crippen MR) is 124 cm³/mol. The minimum atomic E-state index is -0.746. The van der Waals surface area contributed by atoms with Crippen molar-refractivity contribution < 1.29 is 19.1 Å². The highest BCUT2D eigenvalue weighted by Gasteiger charge is 2.67. The number of para-hydroxylation sites is 1. The van der Waals surface area contributed by atoms with E-state index in [9.17, 15) is 9.59 Å². The van der Waals surface area contributed by atoms with Gasteiger partial charge in [0, 0.05) is 35.4 Å². The first kappa shape index (κ1) is 20.1. The SMILES string of the molecule is COc1cccc(N2C[C@@]34C=C[C@@H](O3)[C@@H](C(=O)NCCc3c[nH]c5ccccc35)[C@@H]4C2=O)c1. The van der Waals surface area contributed by atoms with Crippen molar-refractivity contribution in [1.82, 2.24) is 10.3 Å². The van der Waals surface area contributed by atoms with Crippen molar-refractivity contribution in [3.05, 3.63) is 72.4 Å². The third-order valence-corrected chi connectivity index (χ3v) is 7.14. The van der Waals surface area contributed by atoms with Gasteiger partial charge >= 0.3 is 0 Å². The summed E-state index contributed by atoms with van der Waals surface area (Å²) in [5.74, 6) is -0.571. The molecule has 7 nitrogen and oxygen atoms in total. The lowest BCUT2D eigenvalue weighted by Crippen LogP contribution is -2.44. The number of H-pyrrole nitrogens is 1. The van der Waals surface area contributed by atoms with Crippen molar-refractivity contribution in [3.8, 4) is 5.75 Å². The summed E-state index contributed by atoms with van der Waals surface area (Å²) < 4.78 is 11.6. The number of benzene rings is 2. The molecule has 2 saturated heterocycles. The van der Waals surface area contributed by atoms with E-state index >= 15 is 0 Å². The number of fused-ring (bicyclic) bond motifs is 2. The predicted octanol–water partition coefficient (Wildman–Crippen LogP) is 2.82. The second-order valence-electron chi connectivity index (χ2n) is 8.93. The maximum absolute atomic E-state index is 13.5.